The topological polar surface area (TPSA) is 69.9 Å². The van der Waals surface area contributed by atoms with Gasteiger partial charge in [-0.05, 0) is 0 Å². The van der Waals surface area contributed by atoms with Gasteiger partial charge in [-0.3, -0.25) is 0 Å². The fourth-order valence-electron chi connectivity index (χ4n) is 0.292. The molecule has 0 aromatic rings. The van der Waals surface area contributed by atoms with Crippen LogP contribution in [0.5, 0.6) is 0 Å². The Hall–Kier alpha value is -0.940. The molecule has 0 aliphatic carbocycles. The van der Waals surface area contributed by atoms with Gasteiger partial charge in [0.2, 0.25) is 0 Å². The van der Waals surface area contributed by atoms with Gasteiger partial charge in [0.1, 0.15) is 6.10 Å². The molecule has 0 amide bonds. The zero-order chi connectivity index (χ0) is 12.5. The Balaban J connectivity index is -0.000000166. The van der Waals surface area contributed by atoms with Gasteiger partial charge in [-0.2, -0.15) is 0 Å². The molecule has 0 rings (SSSR count). The van der Waals surface area contributed by atoms with Gasteiger partial charge in [-0.15, -0.1) is 26.3 Å². The highest BCUT2D eigenvalue weighted by Gasteiger charge is 1.93. The van der Waals surface area contributed by atoms with Gasteiger partial charge in [-0.25, -0.2) is 0 Å². The van der Waals surface area contributed by atoms with Crippen LogP contribution in [-0.4, -0.2) is 47.9 Å². The Kier molecular flexibility index (Phi) is 30.2. The zero-order valence-corrected chi connectivity index (χ0v) is 9.14. The average molecular weight is 218 g/mol. The number of rotatable bonds is 6. The highest BCUT2D eigenvalue weighted by molar-refractivity contribution is 4.68. The average Bonchev–Trinajstić information content (AvgIpc) is 2.32. The molecule has 0 atom stereocenters. The molecule has 0 aliphatic heterocycles. The van der Waals surface area contributed by atoms with Crippen molar-refractivity contribution in [3.05, 3.63) is 38.5 Å². The van der Waals surface area contributed by atoms with E-state index in [9.17, 15) is 0 Å². The number of ether oxygens (including phenoxy) is 1. The van der Waals surface area contributed by atoms with Gasteiger partial charge >= 0.3 is 0 Å². The summed E-state index contributed by atoms with van der Waals surface area (Å²) < 4.78 is 4.90. The maximum Gasteiger partial charge on any atom is 0.100 e. The minimum atomic E-state index is -0.954. The SMILES string of the molecule is C=C.C=CCOCC=C.OCC(O)CO. The molecule has 90 valence electrons. The molecule has 0 aromatic carbocycles. The van der Waals surface area contributed by atoms with Crippen molar-refractivity contribution in [2.24, 2.45) is 0 Å². The largest absolute Gasteiger partial charge is 0.394 e. The fourth-order valence-corrected chi connectivity index (χ4v) is 0.292. The summed E-state index contributed by atoms with van der Waals surface area (Å²) in [7, 11) is 0. The van der Waals surface area contributed by atoms with Crippen LogP contribution in [0.3, 0.4) is 0 Å². The van der Waals surface area contributed by atoms with Crippen LogP contribution < -0.4 is 0 Å². The first-order valence-corrected chi connectivity index (χ1v) is 4.42. The van der Waals surface area contributed by atoms with Crippen molar-refractivity contribution in [3.63, 3.8) is 0 Å². The van der Waals surface area contributed by atoms with Crippen LogP contribution in [-0.2, 0) is 4.74 Å². The minimum absolute atomic E-state index is 0.365. The highest BCUT2D eigenvalue weighted by Crippen LogP contribution is 1.73. The van der Waals surface area contributed by atoms with Gasteiger partial charge < -0.3 is 20.1 Å². The predicted octanol–water partition coefficient (Wildman–Crippen LogP) is 0.509. The van der Waals surface area contributed by atoms with Crippen molar-refractivity contribution in [1.29, 1.82) is 0 Å². The molecule has 0 saturated carbocycles. The van der Waals surface area contributed by atoms with Crippen molar-refractivity contribution >= 4 is 0 Å². The van der Waals surface area contributed by atoms with Crippen molar-refractivity contribution in [3.8, 4) is 0 Å². The molecule has 15 heavy (non-hydrogen) atoms. The number of hydrogen-bond donors (Lipinski definition) is 3. The van der Waals surface area contributed by atoms with Crippen molar-refractivity contribution in [2.75, 3.05) is 26.4 Å². The molecule has 4 heteroatoms. The molecule has 0 heterocycles. The first kappa shape index (κ1) is 19.6. The molecular formula is C11H22O4. The van der Waals surface area contributed by atoms with E-state index >= 15 is 0 Å². The van der Waals surface area contributed by atoms with E-state index in [2.05, 4.69) is 26.3 Å². The lowest BCUT2D eigenvalue weighted by atomic mass is 10.4. The van der Waals surface area contributed by atoms with Crippen LogP contribution in [0.1, 0.15) is 0 Å². The lowest BCUT2D eigenvalue weighted by Crippen LogP contribution is -2.15. The van der Waals surface area contributed by atoms with Crippen molar-refractivity contribution in [2.45, 2.75) is 6.10 Å². The Morgan fingerprint density at radius 2 is 1.33 bits per heavy atom. The molecule has 0 unspecified atom stereocenters. The van der Waals surface area contributed by atoms with E-state index < -0.39 is 6.10 Å². The van der Waals surface area contributed by atoms with Crippen molar-refractivity contribution < 1.29 is 20.1 Å². The van der Waals surface area contributed by atoms with Crippen LogP contribution in [0.15, 0.2) is 38.5 Å². The Morgan fingerprint density at radius 1 is 1.00 bits per heavy atom. The number of aliphatic hydroxyl groups is 3. The quantitative estimate of drug-likeness (QED) is 0.449. The lowest BCUT2D eigenvalue weighted by molar-refractivity contribution is 0.0450. The third-order valence-electron chi connectivity index (χ3n) is 0.893. The predicted molar refractivity (Wildman–Crippen MR) is 62.6 cm³/mol. The first-order valence-electron chi connectivity index (χ1n) is 4.42. The highest BCUT2D eigenvalue weighted by atomic mass is 16.5. The summed E-state index contributed by atoms with van der Waals surface area (Å²) in [6.45, 7) is 13.5. The second-order valence-electron chi connectivity index (χ2n) is 2.13. The summed E-state index contributed by atoms with van der Waals surface area (Å²) >= 11 is 0. The summed E-state index contributed by atoms with van der Waals surface area (Å²) in [5, 5.41) is 24.0. The van der Waals surface area contributed by atoms with Crippen LogP contribution in [0, 0.1) is 0 Å². The molecule has 0 spiro atoms. The van der Waals surface area contributed by atoms with Crippen LogP contribution >= 0.6 is 0 Å². The molecule has 0 aliphatic rings. The number of hydrogen-bond acceptors (Lipinski definition) is 4. The summed E-state index contributed by atoms with van der Waals surface area (Å²) in [4.78, 5) is 0. The third-order valence-corrected chi connectivity index (χ3v) is 0.893. The number of aliphatic hydroxyl groups excluding tert-OH is 3. The van der Waals surface area contributed by atoms with E-state index in [4.69, 9.17) is 20.1 Å². The van der Waals surface area contributed by atoms with E-state index in [1.807, 2.05) is 0 Å². The van der Waals surface area contributed by atoms with E-state index in [1.165, 1.54) is 0 Å². The second-order valence-corrected chi connectivity index (χ2v) is 2.13. The summed E-state index contributed by atoms with van der Waals surface area (Å²) in [5.74, 6) is 0. The fraction of sp³-hybridized carbons (Fsp3) is 0.455. The normalized spacial score (nSPS) is 8.00. The Bertz CT molecular complexity index is 114. The zero-order valence-electron chi connectivity index (χ0n) is 9.14. The monoisotopic (exact) mass is 218 g/mol. The van der Waals surface area contributed by atoms with Crippen LogP contribution in [0.25, 0.3) is 0 Å². The van der Waals surface area contributed by atoms with Gasteiger partial charge in [0.15, 0.2) is 0 Å². The third kappa shape index (κ3) is 32.1. The molecule has 0 fully saturated rings. The van der Waals surface area contributed by atoms with Gasteiger partial charge in [-0.1, -0.05) is 12.2 Å². The van der Waals surface area contributed by atoms with E-state index in [0.29, 0.717) is 13.2 Å². The maximum atomic E-state index is 8.17. The van der Waals surface area contributed by atoms with E-state index in [1.54, 1.807) is 12.2 Å². The molecule has 3 N–H and O–H groups in total. The van der Waals surface area contributed by atoms with E-state index in [0.717, 1.165) is 0 Å². The molecule has 0 radical (unpaired) electrons. The molecule has 0 saturated heterocycles. The molecule has 4 nitrogen and oxygen atoms in total. The van der Waals surface area contributed by atoms with Gasteiger partial charge in [0, 0.05) is 0 Å². The van der Waals surface area contributed by atoms with Gasteiger partial charge in [0.25, 0.3) is 0 Å². The standard InChI is InChI=1S/C6H10O.C3H8O3.C2H4/c1-3-5-7-6-4-2;4-1-3(6)2-5;1-2/h3-4H,1-2,5-6H2;3-6H,1-2H2;1-2H2. The smallest absolute Gasteiger partial charge is 0.100 e. The molecular weight excluding hydrogens is 196 g/mol. The Morgan fingerprint density at radius 3 is 1.47 bits per heavy atom. The molecule has 0 aromatic heterocycles. The van der Waals surface area contributed by atoms with Crippen molar-refractivity contribution in [1.82, 2.24) is 0 Å². The summed E-state index contributed by atoms with van der Waals surface area (Å²) in [5.41, 5.74) is 0. The first-order chi connectivity index (χ1) is 7.22. The van der Waals surface area contributed by atoms with Gasteiger partial charge in [0.05, 0.1) is 26.4 Å². The summed E-state index contributed by atoms with van der Waals surface area (Å²) in [6, 6.07) is 0. The Labute approximate surface area is 91.8 Å². The van der Waals surface area contributed by atoms with Crippen LogP contribution in [0.4, 0.5) is 0 Å². The lowest BCUT2D eigenvalue weighted by Gasteiger charge is -1.96. The summed E-state index contributed by atoms with van der Waals surface area (Å²) in [6.07, 6.45) is 2.47. The second kappa shape index (κ2) is 23.1. The van der Waals surface area contributed by atoms with Crippen LogP contribution in [0.2, 0.25) is 0 Å². The van der Waals surface area contributed by atoms with E-state index in [-0.39, 0.29) is 13.2 Å². The molecule has 0 bridgehead atoms. The maximum absolute atomic E-state index is 8.17. The minimum Gasteiger partial charge on any atom is -0.394 e.